The van der Waals surface area contributed by atoms with Crippen molar-refractivity contribution in [2.75, 3.05) is 44.7 Å². The predicted molar refractivity (Wildman–Crippen MR) is 105 cm³/mol. The highest BCUT2D eigenvalue weighted by atomic mass is 16.5. The molecule has 0 saturated carbocycles. The van der Waals surface area contributed by atoms with Crippen molar-refractivity contribution >= 4 is 23.5 Å². The molecule has 4 amide bonds. The zero-order valence-corrected chi connectivity index (χ0v) is 16.7. The number of methoxy groups -OCH3 is 1. The number of hydrogen-bond donors (Lipinski definition) is 1. The van der Waals surface area contributed by atoms with E-state index in [1.165, 1.54) is 0 Å². The molecule has 0 spiro atoms. The van der Waals surface area contributed by atoms with E-state index in [0.717, 1.165) is 16.3 Å². The molecule has 0 radical (unpaired) electrons. The molecule has 2 fully saturated rings. The summed E-state index contributed by atoms with van der Waals surface area (Å²) in [6.07, 6.45) is 0.579. The number of urea groups is 1. The number of anilines is 1. The van der Waals surface area contributed by atoms with Gasteiger partial charge in [0, 0.05) is 31.9 Å². The number of hydrogen-bond acceptors (Lipinski definition) is 5. The minimum atomic E-state index is -0.521. The fraction of sp³-hybridized carbons (Fsp3) is 0.550. The van der Waals surface area contributed by atoms with Crippen LogP contribution in [0.5, 0.6) is 5.75 Å². The molecule has 152 valence electrons. The first-order chi connectivity index (χ1) is 13.4. The van der Waals surface area contributed by atoms with Gasteiger partial charge >= 0.3 is 6.03 Å². The molecule has 2 aliphatic rings. The zero-order valence-electron chi connectivity index (χ0n) is 16.7. The molecule has 1 aromatic rings. The molecule has 0 bridgehead atoms. The summed E-state index contributed by atoms with van der Waals surface area (Å²) in [6, 6.07) is 6.83. The van der Waals surface area contributed by atoms with Crippen LogP contribution < -0.4 is 15.0 Å². The molecule has 1 aromatic carbocycles. The Morgan fingerprint density at radius 1 is 1.14 bits per heavy atom. The molecular formula is C20H28N4O4. The number of rotatable bonds is 6. The summed E-state index contributed by atoms with van der Waals surface area (Å²) in [5.41, 5.74) is 1.08. The number of amides is 4. The van der Waals surface area contributed by atoms with Crippen LogP contribution in [-0.2, 0) is 9.59 Å². The Bertz CT molecular complexity index is 726. The number of carbonyl (C=O) groups excluding carboxylic acids is 3. The van der Waals surface area contributed by atoms with E-state index in [-0.39, 0.29) is 24.3 Å². The molecule has 8 heteroatoms. The van der Waals surface area contributed by atoms with Crippen molar-refractivity contribution in [3.8, 4) is 5.75 Å². The standard InChI is InChI=1S/C20H28N4O4/c1-14(2)12-17-19(26)24(20(27)21-17)13-18(25)23-10-8-22(9-11-23)15-4-6-16(28-3)7-5-15/h4-7,14,17H,8-13H2,1-3H3,(H,21,27)/t17-/m0/s1. The summed E-state index contributed by atoms with van der Waals surface area (Å²) in [7, 11) is 1.63. The molecule has 0 unspecified atom stereocenters. The van der Waals surface area contributed by atoms with E-state index in [1.54, 1.807) is 12.0 Å². The molecule has 2 saturated heterocycles. The van der Waals surface area contributed by atoms with E-state index in [4.69, 9.17) is 4.74 Å². The van der Waals surface area contributed by atoms with Crippen molar-refractivity contribution in [1.82, 2.24) is 15.1 Å². The van der Waals surface area contributed by atoms with Crippen molar-refractivity contribution in [3.05, 3.63) is 24.3 Å². The van der Waals surface area contributed by atoms with Crippen LogP contribution >= 0.6 is 0 Å². The second-order valence-electron chi connectivity index (χ2n) is 7.62. The lowest BCUT2D eigenvalue weighted by molar-refractivity contribution is -0.137. The Hall–Kier alpha value is -2.77. The monoisotopic (exact) mass is 388 g/mol. The van der Waals surface area contributed by atoms with E-state index in [9.17, 15) is 14.4 Å². The molecule has 3 rings (SSSR count). The molecular weight excluding hydrogens is 360 g/mol. The van der Waals surface area contributed by atoms with Crippen LogP contribution in [0.3, 0.4) is 0 Å². The smallest absolute Gasteiger partial charge is 0.325 e. The minimum absolute atomic E-state index is 0.192. The fourth-order valence-electron chi connectivity index (χ4n) is 3.60. The van der Waals surface area contributed by atoms with Gasteiger partial charge in [0.05, 0.1) is 7.11 Å². The van der Waals surface area contributed by atoms with E-state index in [0.29, 0.717) is 32.6 Å². The normalized spacial score (nSPS) is 20.0. The molecule has 2 aliphatic heterocycles. The van der Waals surface area contributed by atoms with E-state index in [2.05, 4.69) is 10.2 Å². The van der Waals surface area contributed by atoms with Gasteiger partial charge < -0.3 is 19.9 Å². The third-order valence-electron chi connectivity index (χ3n) is 5.18. The Morgan fingerprint density at radius 3 is 2.36 bits per heavy atom. The summed E-state index contributed by atoms with van der Waals surface area (Å²) >= 11 is 0. The highest BCUT2D eigenvalue weighted by molar-refractivity contribution is 6.06. The second kappa shape index (κ2) is 8.50. The van der Waals surface area contributed by atoms with Gasteiger partial charge in [0.15, 0.2) is 0 Å². The molecule has 0 aromatic heterocycles. The number of carbonyl (C=O) groups is 3. The van der Waals surface area contributed by atoms with E-state index in [1.807, 2.05) is 38.1 Å². The topological polar surface area (TPSA) is 82.2 Å². The second-order valence-corrected chi connectivity index (χ2v) is 7.62. The van der Waals surface area contributed by atoms with Crippen molar-refractivity contribution < 1.29 is 19.1 Å². The number of nitrogens with one attached hydrogen (secondary N) is 1. The van der Waals surface area contributed by atoms with Gasteiger partial charge in [-0.3, -0.25) is 14.5 Å². The van der Waals surface area contributed by atoms with Crippen molar-refractivity contribution in [1.29, 1.82) is 0 Å². The number of ether oxygens (including phenoxy) is 1. The maximum Gasteiger partial charge on any atom is 0.325 e. The predicted octanol–water partition coefficient (Wildman–Crippen LogP) is 1.31. The highest BCUT2D eigenvalue weighted by Gasteiger charge is 2.39. The minimum Gasteiger partial charge on any atom is -0.497 e. The maximum atomic E-state index is 12.6. The van der Waals surface area contributed by atoms with Gasteiger partial charge in [0.2, 0.25) is 5.91 Å². The first kappa shape index (κ1) is 20.0. The van der Waals surface area contributed by atoms with Crippen LogP contribution in [0.1, 0.15) is 20.3 Å². The lowest BCUT2D eigenvalue weighted by Gasteiger charge is -2.36. The summed E-state index contributed by atoms with van der Waals surface area (Å²) in [5.74, 6) is 0.602. The highest BCUT2D eigenvalue weighted by Crippen LogP contribution is 2.21. The molecule has 1 N–H and O–H groups in total. The van der Waals surface area contributed by atoms with Crippen molar-refractivity contribution in [2.45, 2.75) is 26.3 Å². The van der Waals surface area contributed by atoms with Gasteiger partial charge in [-0.05, 0) is 36.6 Å². The average Bonchev–Trinajstić information content (AvgIpc) is 2.95. The van der Waals surface area contributed by atoms with Gasteiger partial charge in [0.25, 0.3) is 5.91 Å². The number of piperazine rings is 1. The van der Waals surface area contributed by atoms with Crippen LogP contribution in [0.4, 0.5) is 10.5 Å². The molecule has 1 atom stereocenters. The summed E-state index contributed by atoms with van der Waals surface area (Å²) in [6.45, 7) is 6.32. The number of nitrogens with zero attached hydrogens (tertiary/aromatic N) is 3. The van der Waals surface area contributed by atoms with Crippen LogP contribution in [0.15, 0.2) is 24.3 Å². The molecule has 28 heavy (non-hydrogen) atoms. The van der Waals surface area contributed by atoms with Gasteiger partial charge in [-0.25, -0.2) is 4.79 Å². The SMILES string of the molecule is COc1ccc(N2CCN(C(=O)CN3C(=O)N[C@@H](CC(C)C)C3=O)CC2)cc1. The fourth-order valence-corrected chi connectivity index (χ4v) is 3.60. The summed E-state index contributed by atoms with van der Waals surface area (Å²) < 4.78 is 5.18. The molecule has 8 nitrogen and oxygen atoms in total. The van der Waals surface area contributed by atoms with Gasteiger partial charge in [0.1, 0.15) is 18.3 Å². The Morgan fingerprint density at radius 2 is 1.79 bits per heavy atom. The quantitative estimate of drug-likeness (QED) is 0.743. The van der Waals surface area contributed by atoms with Crippen LogP contribution in [0.2, 0.25) is 0 Å². The average molecular weight is 388 g/mol. The van der Waals surface area contributed by atoms with Crippen LogP contribution in [0.25, 0.3) is 0 Å². The maximum absolute atomic E-state index is 12.6. The Balaban J connectivity index is 1.52. The first-order valence-corrected chi connectivity index (χ1v) is 9.67. The van der Waals surface area contributed by atoms with Crippen molar-refractivity contribution in [2.24, 2.45) is 5.92 Å². The van der Waals surface area contributed by atoms with Gasteiger partial charge in [-0.1, -0.05) is 13.8 Å². The summed E-state index contributed by atoms with van der Waals surface area (Å²) in [4.78, 5) is 42.1. The number of imide groups is 1. The van der Waals surface area contributed by atoms with E-state index < -0.39 is 12.1 Å². The molecule has 2 heterocycles. The Kier molecular flexibility index (Phi) is 6.06. The molecule has 0 aliphatic carbocycles. The van der Waals surface area contributed by atoms with Crippen molar-refractivity contribution in [3.63, 3.8) is 0 Å². The van der Waals surface area contributed by atoms with Crippen LogP contribution in [-0.4, -0.2) is 73.5 Å². The first-order valence-electron chi connectivity index (χ1n) is 9.67. The lowest BCUT2D eigenvalue weighted by atomic mass is 10.0. The summed E-state index contributed by atoms with van der Waals surface area (Å²) in [5, 5.41) is 2.68. The van der Waals surface area contributed by atoms with Crippen LogP contribution in [0, 0.1) is 5.92 Å². The zero-order chi connectivity index (χ0) is 20.3. The third kappa shape index (κ3) is 4.37. The lowest BCUT2D eigenvalue weighted by Crippen LogP contribution is -2.52. The van der Waals surface area contributed by atoms with Gasteiger partial charge in [-0.15, -0.1) is 0 Å². The van der Waals surface area contributed by atoms with Gasteiger partial charge in [-0.2, -0.15) is 0 Å². The largest absolute Gasteiger partial charge is 0.497 e. The third-order valence-corrected chi connectivity index (χ3v) is 5.18. The van der Waals surface area contributed by atoms with E-state index >= 15 is 0 Å². The number of benzene rings is 1. The Labute approximate surface area is 165 Å².